The van der Waals surface area contributed by atoms with Crippen LogP contribution in [0.2, 0.25) is 5.15 Å². The number of halogens is 3. The van der Waals surface area contributed by atoms with Crippen molar-refractivity contribution in [3.8, 4) is 0 Å². The third kappa shape index (κ3) is 34.6. The zero-order valence-corrected chi connectivity index (χ0v) is 56.7. The molecule has 466 valence electrons. The highest BCUT2D eigenvalue weighted by Crippen LogP contribution is 2.21. The number of pyridine rings is 8. The maximum atomic E-state index is 12.2. The van der Waals surface area contributed by atoms with Gasteiger partial charge in [0.05, 0.1) is 6.26 Å². The largest absolute Gasteiger partial charge is 0.384 e. The van der Waals surface area contributed by atoms with Crippen molar-refractivity contribution in [1.29, 1.82) is 0 Å². The van der Waals surface area contributed by atoms with Crippen LogP contribution in [0.5, 0.6) is 0 Å². The van der Waals surface area contributed by atoms with Crippen LogP contribution in [0.3, 0.4) is 0 Å². The van der Waals surface area contributed by atoms with E-state index in [1.165, 1.54) is 24.1 Å². The molecule has 15 nitrogen and oxygen atoms in total. The van der Waals surface area contributed by atoms with Crippen molar-refractivity contribution in [2.75, 3.05) is 27.8 Å². The van der Waals surface area contributed by atoms with Crippen LogP contribution in [0, 0.1) is 5.95 Å². The third-order valence-corrected chi connectivity index (χ3v) is 13.0. The van der Waals surface area contributed by atoms with Crippen LogP contribution in [0.1, 0.15) is 210 Å². The van der Waals surface area contributed by atoms with Gasteiger partial charge in [0.15, 0.2) is 0 Å². The monoisotopic (exact) mass is 1280 g/mol. The van der Waals surface area contributed by atoms with Crippen molar-refractivity contribution in [2.24, 2.45) is 0 Å². The lowest BCUT2D eigenvalue weighted by atomic mass is 10.1. The molecule has 8 aromatic rings. The lowest BCUT2D eigenvalue weighted by Gasteiger charge is -2.07. The Morgan fingerprint density at radius 2 is 0.942 bits per heavy atom. The quantitative estimate of drug-likeness (QED) is 0.0884. The summed E-state index contributed by atoms with van der Waals surface area (Å²) in [6.45, 7) is 35.0. The summed E-state index contributed by atoms with van der Waals surface area (Å²) in [7, 11) is -3.23. The molecule has 0 atom stereocenters. The number of nitrogen functional groups attached to an aromatic ring is 2. The number of amides is 1. The van der Waals surface area contributed by atoms with E-state index in [4.69, 9.17) is 23.1 Å². The Balaban J connectivity index is 0.000000493. The van der Waals surface area contributed by atoms with Gasteiger partial charge in [-0.1, -0.05) is 171 Å². The maximum Gasteiger partial charge on any atom is 0.230 e. The molecule has 86 heavy (non-hydrogen) atoms. The highest BCUT2D eigenvalue weighted by atomic mass is 79.9. The second kappa shape index (κ2) is 40.9. The van der Waals surface area contributed by atoms with Gasteiger partial charge in [0.2, 0.25) is 21.9 Å². The first-order valence-corrected chi connectivity index (χ1v) is 31.7. The van der Waals surface area contributed by atoms with E-state index in [0.29, 0.717) is 69.8 Å². The minimum absolute atomic E-state index is 0.0894. The number of hydrogen-bond donors (Lipinski definition) is 4. The van der Waals surface area contributed by atoms with E-state index in [0.717, 1.165) is 44.8 Å². The molecule has 1 amide bonds. The molecule has 8 rings (SSSR count). The molecule has 0 fully saturated rings. The molecule has 0 unspecified atom stereocenters. The summed E-state index contributed by atoms with van der Waals surface area (Å²) in [4.78, 5) is 43.1. The molecule has 6 N–H and O–H groups in total. The van der Waals surface area contributed by atoms with Crippen LogP contribution < -0.4 is 21.5 Å². The summed E-state index contributed by atoms with van der Waals surface area (Å²) in [6.07, 6.45) is 9.90. The Morgan fingerprint density at radius 1 is 0.488 bits per heavy atom. The van der Waals surface area contributed by atoms with E-state index in [1.54, 1.807) is 48.9 Å². The van der Waals surface area contributed by atoms with Crippen LogP contribution in [-0.4, -0.2) is 60.5 Å². The molecule has 0 aromatic carbocycles. The van der Waals surface area contributed by atoms with E-state index in [9.17, 15) is 17.6 Å². The average molecular weight is 1280 g/mol. The number of nitrogens with two attached hydrogens (primary N) is 2. The van der Waals surface area contributed by atoms with Crippen LogP contribution in [0.25, 0.3) is 0 Å². The number of nitrogens with one attached hydrogen (secondary N) is 2. The minimum Gasteiger partial charge on any atom is -0.384 e. The predicted octanol–water partition coefficient (Wildman–Crippen LogP) is 17.7. The zero-order chi connectivity index (χ0) is 65.1. The van der Waals surface area contributed by atoms with Gasteiger partial charge in [-0.25, -0.2) is 43.3 Å². The molecule has 0 bridgehead atoms. The summed E-state index contributed by atoms with van der Waals surface area (Å²) in [5, 5.41) is 3.27. The van der Waals surface area contributed by atoms with Crippen LogP contribution in [-0.2, 0) is 14.8 Å². The molecule has 0 aliphatic heterocycles. The van der Waals surface area contributed by atoms with E-state index in [1.807, 2.05) is 105 Å². The molecule has 0 aliphatic rings. The summed E-state index contributed by atoms with van der Waals surface area (Å²) in [5.74, 6) is 5.35. The van der Waals surface area contributed by atoms with Crippen LogP contribution >= 0.6 is 27.5 Å². The number of nitrogens with zero attached hydrogens (tertiary/aromatic N) is 8. The van der Waals surface area contributed by atoms with Crippen molar-refractivity contribution < 1.29 is 17.6 Å². The topological polar surface area (TPSA) is 230 Å². The zero-order valence-electron chi connectivity index (χ0n) is 53.6. The fraction of sp³-hybridized carbons (Fsp3) is 0.388. The summed E-state index contributed by atoms with van der Waals surface area (Å²) in [5.41, 5.74) is 19.7. The lowest BCUT2D eigenvalue weighted by Crippen LogP contribution is -2.11. The second-order valence-electron chi connectivity index (χ2n) is 22.2. The number of carbonyl (C=O) groups is 1. The van der Waals surface area contributed by atoms with Gasteiger partial charge < -0.3 is 16.8 Å². The minimum atomic E-state index is -3.23. The fourth-order valence-electron chi connectivity index (χ4n) is 6.61. The van der Waals surface area contributed by atoms with Gasteiger partial charge in [0, 0.05) is 60.7 Å². The van der Waals surface area contributed by atoms with Gasteiger partial charge in [-0.05, 0) is 158 Å². The molecule has 0 spiro atoms. The van der Waals surface area contributed by atoms with Gasteiger partial charge in [-0.15, -0.1) is 0 Å². The number of anilines is 4. The molecule has 8 heterocycles. The number of carbonyl (C=O) groups excluding carboxylic acids is 1. The molecule has 0 aliphatic carbocycles. The van der Waals surface area contributed by atoms with Gasteiger partial charge in [0.25, 0.3) is 0 Å². The first-order chi connectivity index (χ1) is 40.3. The van der Waals surface area contributed by atoms with Gasteiger partial charge in [-0.2, -0.15) is 4.39 Å². The Labute approximate surface area is 527 Å². The Hall–Kier alpha value is -7.28. The number of sulfonamides is 1. The Bertz CT molecular complexity index is 3160. The van der Waals surface area contributed by atoms with E-state index in [-0.39, 0.29) is 11.8 Å². The molecule has 0 saturated heterocycles. The smallest absolute Gasteiger partial charge is 0.230 e. The number of aromatic nitrogens is 8. The standard InChI is InChI=1S/C10H14N2O.C9H14N2O2S.C8H10BrN.C8H10ClN.C8H10FN.2C8H12N2.C8H11N/c1-7(2)9-5-4-6-10(12-9)11-8(3)13;1-7(2)8-5-4-6-9(10-8)11-14(3,12)13;1-6(2)7-4-3-5-8(9)10-7;1-6(2)7-4-3-5-10-8(7)9;2*1-6(2)7-3-4-8(9)10-5-7;1-6(2)7-4-3-5-8(9)10-7;1-7(2)8-4-3-5-9-6-8/h4-7H,1-3H3,(H,11,12,13);4-7H,1-3H3,(H,10,11);3*3-6H,1-2H3;2*3-6H,1-2H3,(H2,9,10);3-7H,1-2H3. The molecular formula is C67H93BrClFN12O3S. The Morgan fingerprint density at radius 3 is 1.30 bits per heavy atom. The normalized spacial score (nSPS) is 10.5. The maximum absolute atomic E-state index is 12.2. The fourth-order valence-corrected chi connectivity index (χ4v) is 7.80. The van der Waals surface area contributed by atoms with Gasteiger partial charge >= 0.3 is 0 Å². The SMILES string of the molecule is CC(=O)Nc1cccc(C(C)C)n1.CC(C)c1ccc(F)nc1.CC(C)c1ccc(N)nc1.CC(C)c1cccc(Br)n1.CC(C)c1cccc(N)n1.CC(C)c1cccc(NS(C)(=O)=O)n1.CC(C)c1cccnc1.CC(C)c1cccnc1Cl. The number of rotatable bonds is 11. The highest BCUT2D eigenvalue weighted by Gasteiger charge is 2.07. The predicted molar refractivity (Wildman–Crippen MR) is 361 cm³/mol. The highest BCUT2D eigenvalue weighted by molar-refractivity contribution is 9.10. The molecule has 0 radical (unpaired) electrons. The first kappa shape index (κ1) is 76.7. The van der Waals surface area contributed by atoms with Crippen molar-refractivity contribution in [3.05, 3.63) is 213 Å². The van der Waals surface area contributed by atoms with Crippen molar-refractivity contribution in [1.82, 2.24) is 39.9 Å². The van der Waals surface area contributed by atoms with E-state index >= 15 is 0 Å². The van der Waals surface area contributed by atoms with Gasteiger partial charge in [0.1, 0.15) is 33.0 Å². The van der Waals surface area contributed by atoms with Crippen LogP contribution in [0.15, 0.2) is 157 Å². The summed E-state index contributed by atoms with van der Waals surface area (Å²) in [6, 6.07) is 37.6. The van der Waals surface area contributed by atoms with E-state index in [2.05, 4.69) is 169 Å². The third-order valence-electron chi connectivity index (χ3n) is 11.7. The van der Waals surface area contributed by atoms with Crippen molar-refractivity contribution >= 4 is 66.7 Å². The second-order valence-corrected chi connectivity index (χ2v) is 25.1. The van der Waals surface area contributed by atoms with E-state index < -0.39 is 16.0 Å². The van der Waals surface area contributed by atoms with Crippen LogP contribution in [0.4, 0.5) is 27.7 Å². The average Bonchev–Trinajstić information content (AvgIpc) is 3.62. The summed E-state index contributed by atoms with van der Waals surface area (Å²) >= 11 is 9.13. The van der Waals surface area contributed by atoms with Crippen molar-refractivity contribution in [2.45, 2.75) is 165 Å². The van der Waals surface area contributed by atoms with Crippen molar-refractivity contribution in [3.63, 3.8) is 0 Å². The molecular weight excluding hydrogens is 1190 g/mol. The summed E-state index contributed by atoms with van der Waals surface area (Å²) < 4.78 is 37.4. The Kier molecular flexibility index (Phi) is 36.5. The first-order valence-electron chi connectivity index (χ1n) is 28.7. The number of hydrogen-bond acceptors (Lipinski definition) is 13. The lowest BCUT2D eigenvalue weighted by molar-refractivity contribution is -0.114. The molecule has 19 heteroatoms. The molecule has 8 aromatic heterocycles. The van der Waals surface area contributed by atoms with Gasteiger partial charge in [-0.3, -0.25) is 14.5 Å². The molecule has 0 saturated carbocycles.